The largest absolute Gasteiger partial charge is 0.376 e. The molecule has 1 aliphatic heterocycles. The quantitative estimate of drug-likeness (QED) is 0.771. The summed E-state index contributed by atoms with van der Waals surface area (Å²) in [6.45, 7) is 5.30. The van der Waals surface area contributed by atoms with Gasteiger partial charge in [0.2, 0.25) is 0 Å². The van der Waals surface area contributed by atoms with Gasteiger partial charge in [0.1, 0.15) is 0 Å². The summed E-state index contributed by atoms with van der Waals surface area (Å²) < 4.78 is 7.75. The standard InChI is InChI=1S/C17H29N5O2/c1-13-4-2-3-5-16(13)24-11-10-19-17(23)15-12-22(21-20-15)14-6-8-18-9-7-14/h12-14,16,18H,2-11H2,1H3,(H,19,23). The van der Waals surface area contributed by atoms with Crippen LogP contribution in [0.2, 0.25) is 0 Å². The fourth-order valence-corrected chi connectivity index (χ4v) is 3.63. The zero-order valence-electron chi connectivity index (χ0n) is 14.5. The van der Waals surface area contributed by atoms with Gasteiger partial charge in [-0.3, -0.25) is 4.79 Å². The average molecular weight is 335 g/mol. The molecule has 1 saturated carbocycles. The molecule has 2 unspecified atom stereocenters. The second kappa shape index (κ2) is 8.58. The Morgan fingerprint density at radius 2 is 2.12 bits per heavy atom. The number of hydrogen-bond acceptors (Lipinski definition) is 5. The minimum absolute atomic E-state index is 0.171. The van der Waals surface area contributed by atoms with Crippen molar-refractivity contribution in [2.24, 2.45) is 5.92 Å². The number of carbonyl (C=O) groups is 1. The van der Waals surface area contributed by atoms with Crippen LogP contribution >= 0.6 is 0 Å². The number of carbonyl (C=O) groups excluding carboxylic acids is 1. The Balaban J connectivity index is 1.39. The predicted octanol–water partition coefficient (Wildman–Crippen LogP) is 1.53. The molecule has 3 rings (SSSR count). The predicted molar refractivity (Wildman–Crippen MR) is 90.9 cm³/mol. The smallest absolute Gasteiger partial charge is 0.273 e. The minimum Gasteiger partial charge on any atom is -0.376 e. The highest BCUT2D eigenvalue weighted by molar-refractivity contribution is 5.91. The Bertz CT molecular complexity index is 527. The Labute approximate surface area is 143 Å². The van der Waals surface area contributed by atoms with E-state index in [1.165, 1.54) is 19.3 Å². The van der Waals surface area contributed by atoms with Crippen molar-refractivity contribution in [3.8, 4) is 0 Å². The van der Waals surface area contributed by atoms with Gasteiger partial charge in [0.15, 0.2) is 5.69 Å². The molecule has 1 amide bonds. The first kappa shape index (κ1) is 17.4. The van der Waals surface area contributed by atoms with Gasteiger partial charge in [-0.05, 0) is 44.7 Å². The van der Waals surface area contributed by atoms with Gasteiger partial charge < -0.3 is 15.4 Å². The van der Waals surface area contributed by atoms with Gasteiger partial charge in [-0.1, -0.05) is 25.0 Å². The molecule has 2 fully saturated rings. The zero-order valence-corrected chi connectivity index (χ0v) is 14.5. The van der Waals surface area contributed by atoms with Gasteiger partial charge in [-0.25, -0.2) is 4.68 Å². The number of hydrogen-bond donors (Lipinski definition) is 2. The van der Waals surface area contributed by atoms with Crippen LogP contribution in [0.25, 0.3) is 0 Å². The van der Waals surface area contributed by atoms with E-state index >= 15 is 0 Å². The van der Waals surface area contributed by atoms with E-state index in [9.17, 15) is 4.79 Å². The molecule has 134 valence electrons. The lowest BCUT2D eigenvalue weighted by molar-refractivity contribution is -0.00295. The van der Waals surface area contributed by atoms with E-state index in [1.54, 1.807) is 6.20 Å². The van der Waals surface area contributed by atoms with Crippen molar-refractivity contribution in [1.29, 1.82) is 0 Å². The fourth-order valence-electron chi connectivity index (χ4n) is 3.63. The molecule has 2 heterocycles. The van der Waals surface area contributed by atoms with Gasteiger partial charge in [-0.2, -0.15) is 0 Å². The Morgan fingerprint density at radius 1 is 1.33 bits per heavy atom. The van der Waals surface area contributed by atoms with Crippen molar-refractivity contribution in [2.45, 2.75) is 57.6 Å². The van der Waals surface area contributed by atoms with E-state index in [0.717, 1.165) is 32.4 Å². The Hall–Kier alpha value is -1.47. The molecule has 2 atom stereocenters. The first-order valence-electron chi connectivity index (χ1n) is 9.26. The number of ether oxygens (including phenoxy) is 1. The summed E-state index contributed by atoms with van der Waals surface area (Å²) in [5.41, 5.74) is 0.388. The number of nitrogens with one attached hydrogen (secondary N) is 2. The van der Waals surface area contributed by atoms with Crippen LogP contribution in [0.1, 0.15) is 62.0 Å². The summed E-state index contributed by atoms with van der Waals surface area (Å²) in [4.78, 5) is 12.2. The normalized spacial score (nSPS) is 25.5. The summed E-state index contributed by atoms with van der Waals surface area (Å²) in [6.07, 6.45) is 9.10. The van der Waals surface area contributed by atoms with Crippen LogP contribution in [-0.4, -0.2) is 53.2 Å². The third-order valence-corrected chi connectivity index (χ3v) is 5.18. The maximum atomic E-state index is 12.2. The van der Waals surface area contributed by atoms with Crippen molar-refractivity contribution in [3.05, 3.63) is 11.9 Å². The molecule has 0 radical (unpaired) electrons. The third-order valence-electron chi connectivity index (χ3n) is 5.18. The number of piperidine rings is 1. The maximum Gasteiger partial charge on any atom is 0.273 e. The van der Waals surface area contributed by atoms with E-state index in [-0.39, 0.29) is 5.91 Å². The van der Waals surface area contributed by atoms with E-state index in [4.69, 9.17) is 4.74 Å². The molecule has 2 aliphatic rings. The third kappa shape index (κ3) is 4.54. The topological polar surface area (TPSA) is 81.1 Å². The summed E-state index contributed by atoms with van der Waals surface area (Å²) in [6, 6.07) is 0.344. The van der Waals surface area contributed by atoms with E-state index in [1.807, 2.05) is 4.68 Å². The highest BCUT2D eigenvalue weighted by Gasteiger charge is 2.22. The molecular formula is C17H29N5O2. The number of amides is 1. The number of nitrogens with zero attached hydrogens (tertiary/aromatic N) is 3. The molecule has 0 bridgehead atoms. The van der Waals surface area contributed by atoms with Crippen LogP contribution in [0.3, 0.4) is 0 Å². The van der Waals surface area contributed by atoms with Crippen molar-refractivity contribution >= 4 is 5.91 Å². The molecule has 7 nitrogen and oxygen atoms in total. The number of aromatic nitrogens is 3. The highest BCUT2D eigenvalue weighted by Crippen LogP contribution is 2.26. The van der Waals surface area contributed by atoms with E-state index < -0.39 is 0 Å². The molecule has 2 N–H and O–H groups in total. The Morgan fingerprint density at radius 3 is 2.92 bits per heavy atom. The lowest BCUT2D eigenvalue weighted by Crippen LogP contribution is -2.32. The van der Waals surface area contributed by atoms with Crippen molar-refractivity contribution in [2.75, 3.05) is 26.2 Å². The fraction of sp³-hybridized carbons (Fsp3) is 0.824. The zero-order chi connectivity index (χ0) is 16.8. The van der Waals surface area contributed by atoms with Crippen LogP contribution in [0.15, 0.2) is 6.20 Å². The summed E-state index contributed by atoms with van der Waals surface area (Å²) in [5, 5.41) is 14.3. The van der Waals surface area contributed by atoms with Gasteiger partial charge in [0.25, 0.3) is 5.91 Å². The minimum atomic E-state index is -0.171. The van der Waals surface area contributed by atoms with Crippen LogP contribution < -0.4 is 10.6 Å². The SMILES string of the molecule is CC1CCCCC1OCCNC(=O)c1cn(C2CCNCC2)nn1. The van der Waals surface area contributed by atoms with Crippen LogP contribution in [0.4, 0.5) is 0 Å². The second-order valence-electron chi connectivity index (χ2n) is 6.99. The molecule has 0 aromatic carbocycles. The van der Waals surface area contributed by atoms with E-state index in [2.05, 4.69) is 27.9 Å². The first-order chi connectivity index (χ1) is 11.7. The van der Waals surface area contributed by atoms with Gasteiger partial charge in [0.05, 0.1) is 24.9 Å². The lowest BCUT2D eigenvalue weighted by Gasteiger charge is -2.28. The summed E-state index contributed by atoms with van der Waals surface area (Å²) in [5.74, 6) is 0.454. The highest BCUT2D eigenvalue weighted by atomic mass is 16.5. The molecule has 1 saturated heterocycles. The van der Waals surface area contributed by atoms with Crippen LogP contribution in [-0.2, 0) is 4.74 Å². The van der Waals surface area contributed by atoms with Crippen LogP contribution in [0, 0.1) is 5.92 Å². The molecule has 1 aliphatic carbocycles. The maximum absolute atomic E-state index is 12.2. The number of rotatable bonds is 6. The van der Waals surface area contributed by atoms with Gasteiger partial charge in [-0.15, -0.1) is 5.10 Å². The van der Waals surface area contributed by atoms with E-state index in [0.29, 0.717) is 36.9 Å². The lowest BCUT2D eigenvalue weighted by atomic mass is 9.88. The molecule has 7 heteroatoms. The van der Waals surface area contributed by atoms with Gasteiger partial charge >= 0.3 is 0 Å². The summed E-state index contributed by atoms with van der Waals surface area (Å²) in [7, 11) is 0. The Kier molecular flexibility index (Phi) is 6.20. The monoisotopic (exact) mass is 335 g/mol. The van der Waals surface area contributed by atoms with Crippen molar-refractivity contribution < 1.29 is 9.53 Å². The van der Waals surface area contributed by atoms with Crippen molar-refractivity contribution in [1.82, 2.24) is 25.6 Å². The first-order valence-corrected chi connectivity index (χ1v) is 9.26. The van der Waals surface area contributed by atoms with Crippen molar-refractivity contribution in [3.63, 3.8) is 0 Å². The second-order valence-corrected chi connectivity index (χ2v) is 6.99. The van der Waals surface area contributed by atoms with Gasteiger partial charge in [0, 0.05) is 6.54 Å². The molecular weight excluding hydrogens is 306 g/mol. The average Bonchev–Trinajstić information content (AvgIpc) is 3.11. The van der Waals surface area contributed by atoms with Crippen LogP contribution in [0.5, 0.6) is 0 Å². The molecule has 24 heavy (non-hydrogen) atoms. The molecule has 1 aromatic rings. The molecule has 0 spiro atoms. The summed E-state index contributed by atoms with van der Waals surface area (Å²) >= 11 is 0. The molecule has 1 aromatic heterocycles.